The molecular formula is C14H24O2. The monoisotopic (exact) mass is 224 g/mol. The molecule has 0 N–H and O–H groups in total. The molecule has 0 aromatic rings. The smallest absolute Gasteiger partial charge is 0.302 e. The van der Waals surface area contributed by atoms with Crippen LogP contribution in [0.3, 0.4) is 0 Å². The van der Waals surface area contributed by atoms with Crippen LogP contribution in [0.25, 0.3) is 0 Å². The summed E-state index contributed by atoms with van der Waals surface area (Å²) in [6.07, 6.45) is 5.58. The average molecular weight is 224 g/mol. The van der Waals surface area contributed by atoms with Gasteiger partial charge in [0.2, 0.25) is 0 Å². The molecule has 0 spiro atoms. The molecule has 0 fully saturated rings. The highest BCUT2D eigenvalue weighted by molar-refractivity contribution is 5.65. The highest BCUT2D eigenvalue weighted by Gasteiger charge is 2.37. The van der Waals surface area contributed by atoms with Crippen LogP contribution in [0.15, 0.2) is 25.3 Å². The number of carbonyl (C=O) groups excluding carboxylic acids is 1. The van der Waals surface area contributed by atoms with E-state index in [2.05, 4.69) is 33.9 Å². The molecule has 2 heteroatoms. The van der Waals surface area contributed by atoms with Gasteiger partial charge in [-0.25, -0.2) is 0 Å². The summed E-state index contributed by atoms with van der Waals surface area (Å²) in [5, 5.41) is 0. The first-order valence-corrected chi connectivity index (χ1v) is 5.67. The van der Waals surface area contributed by atoms with E-state index in [0.29, 0.717) is 6.61 Å². The molecule has 92 valence electrons. The lowest BCUT2D eigenvalue weighted by Crippen LogP contribution is -2.34. The fourth-order valence-electron chi connectivity index (χ4n) is 1.72. The second-order valence-electron chi connectivity index (χ2n) is 5.09. The topological polar surface area (TPSA) is 26.3 Å². The lowest BCUT2D eigenvalue weighted by Gasteiger charge is -2.42. The maximum absolute atomic E-state index is 10.7. The Labute approximate surface area is 99.4 Å². The Hall–Kier alpha value is -1.05. The van der Waals surface area contributed by atoms with E-state index in [1.807, 2.05) is 12.2 Å². The second-order valence-corrected chi connectivity index (χ2v) is 5.09. The molecule has 0 saturated heterocycles. The van der Waals surface area contributed by atoms with Crippen molar-refractivity contribution < 1.29 is 9.53 Å². The first kappa shape index (κ1) is 14.9. The predicted molar refractivity (Wildman–Crippen MR) is 68.1 cm³/mol. The molecule has 0 aliphatic heterocycles. The van der Waals surface area contributed by atoms with E-state index >= 15 is 0 Å². The number of hydrogen-bond donors (Lipinski definition) is 0. The molecule has 0 saturated carbocycles. The van der Waals surface area contributed by atoms with E-state index in [1.54, 1.807) is 0 Å². The van der Waals surface area contributed by atoms with Gasteiger partial charge >= 0.3 is 5.97 Å². The SMILES string of the molecule is C=CCC(C)(C)C(C)(C=C)CCOC(C)=O. The minimum Gasteiger partial charge on any atom is -0.466 e. The fourth-order valence-corrected chi connectivity index (χ4v) is 1.72. The number of ether oxygens (including phenoxy) is 1. The summed E-state index contributed by atoms with van der Waals surface area (Å²) in [5.41, 5.74) is 0.00723. The minimum absolute atomic E-state index is 0.0589. The molecule has 0 aromatic carbocycles. The van der Waals surface area contributed by atoms with Gasteiger partial charge in [-0.3, -0.25) is 4.79 Å². The first-order valence-electron chi connectivity index (χ1n) is 5.67. The third-order valence-corrected chi connectivity index (χ3v) is 3.58. The van der Waals surface area contributed by atoms with Crippen LogP contribution in [0.4, 0.5) is 0 Å². The zero-order valence-corrected chi connectivity index (χ0v) is 11.0. The first-order chi connectivity index (χ1) is 7.29. The van der Waals surface area contributed by atoms with Gasteiger partial charge in [0.05, 0.1) is 6.61 Å². The van der Waals surface area contributed by atoms with Crippen molar-refractivity contribution in [2.45, 2.75) is 40.5 Å². The Kier molecular flexibility index (Phi) is 5.49. The van der Waals surface area contributed by atoms with Crippen molar-refractivity contribution in [1.82, 2.24) is 0 Å². The summed E-state index contributed by atoms with van der Waals surface area (Å²) in [5.74, 6) is -0.229. The highest BCUT2D eigenvalue weighted by Crippen LogP contribution is 2.45. The molecule has 0 aliphatic rings. The number of carbonyl (C=O) groups is 1. The van der Waals surface area contributed by atoms with Crippen LogP contribution >= 0.6 is 0 Å². The molecule has 0 amide bonds. The normalized spacial score (nSPS) is 15.0. The molecule has 0 radical (unpaired) electrons. The van der Waals surface area contributed by atoms with Crippen LogP contribution < -0.4 is 0 Å². The molecule has 0 aromatic heterocycles. The number of allylic oxidation sites excluding steroid dienone is 2. The second kappa shape index (κ2) is 5.88. The van der Waals surface area contributed by atoms with Crippen LogP contribution in [0.2, 0.25) is 0 Å². The lowest BCUT2D eigenvalue weighted by molar-refractivity contribution is -0.141. The van der Waals surface area contributed by atoms with E-state index in [-0.39, 0.29) is 16.8 Å². The van der Waals surface area contributed by atoms with E-state index in [4.69, 9.17) is 4.74 Å². The summed E-state index contributed by atoms with van der Waals surface area (Å²) in [4.78, 5) is 10.7. The number of esters is 1. The van der Waals surface area contributed by atoms with Gasteiger partial charge < -0.3 is 4.74 Å². The van der Waals surface area contributed by atoms with E-state index in [1.165, 1.54) is 6.92 Å². The number of hydrogen-bond acceptors (Lipinski definition) is 2. The van der Waals surface area contributed by atoms with Gasteiger partial charge in [-0.15, -0.1) is 13.2 Å². The molecule has 0 heterocycles. The summed E-state index contributed by atoms with van der Waals surface area (Å²) in [6.45, 7) is 16.1. The Morgan fingerprint density at radius 3 is 2.25 bits per heavy atom. The maximum atomic E-state index is 10.7. The van der Waals surface area contributed by atoms with Crippen molar-refractivity contribution in [3.05, 3.63) is 25.3 Å². The molecule has 1 unspecified atom stereocenters. The van der Waals surface area contributed by atoms with Crippen LogP contribution in [0.1, 0.15) is 40.5 Å². The summed E-state index contributed by atoms with van der Waals surface area (Å²) in [7, 11) is 0. The standard InChI is InChI=1S/C14H24O2/c1-7-9-13(4,5)14(6,8-2)10-11-16-12(3)15/h7-8H,1-2,9-11H2,3-6H3. The predicted octanol–water partition coefficient (Wildman–Crippen LogP) is 3.73. The molecule has 1 atom stereocenters. The zero-order chi connectivity index (χ0) is 12.8. The number of rotatable bonds is 7. The van der Waals surface area contributed by atoms with Crippen molar-refractivity contribution in [3.8, 4) is 0 Å². The minimum atomic E-state index is -0.229. The fraction of sp³-hybridized carbons (Fsp3) is 0.643. The summed E-state index contributed by atoms with van der Waals surface area (Å²) >= 11 is 0. The van der Waals surface area contributed by atoms with Crippen molar-refractivity contribution in [2.75, 3.05) is 6.61 Å². The molecule has 16 heavy (non-hydrogen) atoms. The van der Waals surface area contributed by atoms with Gasteiger partial charge in [-0.05, 0) is 23.7 Å². The van der Waals surface area contributed by atoms with Crippen molar-refractivity contribution in [3.63, 3.8) is 0 Å². The molecule has 2 nitrogen and oxygen atoms in total. The van der Waals surface area contributed by atoms with E-state index in [0.717, 1.165) is 12.8 Å². The van der Waals surface area contributed by atoms with Crippen molar-refractivity contribution in [1.29, 1.82) is 0 Å². The lowest BCUT2D eigenvalue weighted by atomic mass is 9.63. The van der Waals surface area contributed by atoms with Gasteiger partial charge in [0, 0.05) is 6.92 Å². The van der Waals surface area contributed by atoms with Gasteiger partial charge in [0.1, 0.15) is 0 Å². The maximum Gasteiger partial charge on any atom is 0.302 e. The molecular weight excluding hydrogens is 200 g/mol. The molecule has 0 rings (SSSR count). The van der Waals surface area contributed by atoms with Crippen LogP contribution in [0.5, 0.6) is 0 Å². The van der Waals surface area contributed by atoms with Gasteiger partial charge in [-0.2, -0.15) is 0 Å². The van der Waals surface area contributed by atoms with E-state index < -0.39 is 0 Å². The van der Waals surface area contributed by atoms with Crippen molar-refractivity contribution in [2.24, 2.45) is 10.8 Å². The quantitative estimate of drug-likeness (QED) is 0.486. The highest BCUT2D eigenvalue weighted by atomic mass is 16.5. The summed E-state index contributed by atoms with van der Waals surface area (Å²) < 4.78 is 5.00. The van der Waals surface area contributed by atoms with Gasteiger partial charge in [-0.1, -0.05) is 32.9 Å². The van der Waals surface area contributed by atoms with Crippen LogP contribution in [-0.2, 0) is 9.53 Å². The Balaban J connectivity index is 4.57. The van der Waals surface area contributed by atoms with Crippen LogP contribution in [0, 0.1) is 10.8 Å². The van der Waals surface area contributed by atoms with Gasteiger partial charge in [0.25, 0.3) is 0 Å². The third kappa shape index (κ3) is 3.84. The van der Waals surface area contributed by atoms with Crippen LogP contribution in [-0.4, -0.2) is 12.6 Å². The Bertz CT molecular complexity index is 266. The van der Waals surface area contributed by atoms with Gasteiger partial charge in [0.15, 0.2) is 0 Å². The molecule has 0 bridgehead atoms. The average Bonchev–Trinajstić information content (AvgIpc) is 2.16. The Morgan fingerprint density at radius 1 is 1.31 bits per heavy atom. The van der Waals surface area contributed by atoms with Crippen molar-refractivity contribution >= 4 is 5.97 Å². The third-order valence-electron chi connectivity index (χ3n) is 3.58. The largest absolute Gasteiger partial charge is 0.466 e. The molecule has 0 aliphatic carbocycles. The Morgan fingerprint density at radius 2 is 1.88 bits per heavy atom. The summed E-state index contributed by atoms with van der Waals surface area (Å²) in [6, 6.07) is 0. The zero-order valence-electron chi connectivity index (χ0n) is 11.0. The van der Waals surface area contributed by atoms with E-state index in [9.17, 15) is 4.79 Å².